The van der Waals surface area contributed by atoms with Crippen LogP contribution in [0.1, 0.15) is 19.3 Å². The maximum absolute atomic E-state index is 5.99. The number of rotatable bonds is 4. The minimum absolute atomic E-state index is 0.571. The van der Waals surface area contributed by atoms with E-state index < -0.39 is 0 Å². The summed E-state index contributed by atoms with van der Waals surface area (Å²) in [6.45, 7) is 5.11. The molecule has 0 unspecified atom stereocenters. The maximum atomic E-state index is 5.99. The average Bonchev–Trinajstić information content (AvgIpc) is 2.49. The standard InChI is InChI=1S/C15H22N2O3/c16-12-10-14-15(20-9-8-19-14)11-13(12)18-7-6-17-4-2-1-3-5-17/h10-11H,1-9,16H2. The van der Waals surface area contributed by atoms with Gasteiger partial charge in [-0.25, -0.2) is 0 Å². The number of hydrogen-bond acceptors (Lipinski definition) is 5. The van der Waals surface area contributed by atoms with E-state index in [9.17, 15) is 0 Å². The van der Waals surface area contributed by atoms with E-state index in [2.05, 4.69) is 4.90 Å². The van der Waals surface area contributed by atoms with Crippen LogP contribution in [0.4, 0.5) is 5.69 Å². The third kappa shape index (κ3) is 3.10. The van der Waals surface area contributed by atoms with Crippen LogP contribution in [0.15, 0.2) is 12.1 Å². The number of hydrogen-bond donors (Lipinski definition) is 1. The predicted octanol–water partition coefficient (Wildman–Crippen LogP) is 1.90. The van der Waals surface area contributed by atoms with Crippen molar-refractivity contribution in [2.75, 3.05) is 45.2 Å². The molecule has 0 amide bonds. The van der Waals surface area contributed by atoms with E-state index in [1.807, 2.05) is 6.07 Å². The van der Waals surface area contributed by atoms with Crippen molar-refractivity contribution < 1.29 is 14.2 Å². The molecule has 2 heterocycles. The number of nitrogens with zero attached hydrogens (tertiary/aromatic N) is 1. The lowest BCUT2D eigenvalue weighted by Gasteiger charge is -2.26. The molecule has 5 heteroatoms. The van der Waals surface area contributed by atoms with Gasteiger partial charge in [-0.15, -0.1) is 0 Å². The lowest BCUT2D eigenvalue weighted by molar-refractivity contribution is 0.168. The van der Waals surface area contributed by atoms with Gasteiger partial charge in [0.1, 0.15) is 25.6 Å². The number of likely N-dealkylation sites (tertiary alicyclic amines) is 1. The number of anilines is 1. The summed E-state index contributed by atoms with van der Waals surface area (Å²) in [5, 5.41) is 0. The van der Waals surface area contributed by atoms with E-state index in [4.69, 9.17) is 19.9 Å². The van der Waals surface area contributed by atoms with Crippen molar-refractivity contribution in [3.8, 4) is 17.2 Å². The molecule has 0 atom stereocenters. The fourth-order valence-corrected chi connectivity index (χ4v) is 2.68. The highest BCUT2D eigenvalue weighted by Gasteiger charge is 2.16. The highest BCUT2D eigenvalue weighted by atomic mass is 16.6. The Balaban J connectivity index is 1.56. The van der Waals surface area contributed by atoms with Crippen LogP contribution >= 0.6 is 0 Å². The summed E-state index contributed by atoms with van der Waals surface area (Å²) in [6.07, 6.45) is 3.95. The van der Waals surface area contributed by atoms with Crippen LogP contribution in [0, 0.1) is 0 Å². The molecule has 3 rings (SSSR count). The molecule has 2 aliphatic rings. The van der Waals surface area contributed by atoms with Gasteiger partial charge in [-0.1, -0.05) is 6.42 Å². The summed E-state index contributed by atoms with van der Waals surface area (Å²) < 4.78 is 16.8. The summed E-state index contributed by atoms with van der Waals surface area (Å²) in [4.78, 5) is 2.44. The Hall–Kier alpha value is -1.62. The summed E-state index contributed by atoms with van der Waals surface area (Å²) in [5.74, 6) is 2.11. The van der Waals surface area contributed by atoms with Crippen LogP contribution in [0.5, 0.6) is 17.2 Å². The van der Waals surface area contributed by atoms with E-state index in [0.717, 1.165) is 12.3 Å². The number of benzene rings is 1. The first kappa shape index (κ1) is 13.4. The van der Waals surface area contributed by atoms with E-state index in [-0.39, 0.29) is 0 Å². The molecule has 1 fully saturated rings. The average molecular weight is 278 g/mol. The van der Waals surface area contributed by atoms with Crippen LogP contribution in [-0.2, 0) is 0 Å². The summed E-state index contributed by atoms with van der Waals surface area (Å²) >= 11 is 0. The quantitative estimate of drug-likeness (QED) is 0.853. The second kappa shape index (κ2) is 6.22. The Labute approximate surface area is 119 Å². The minimum atomic E-state index is 0.571. The van der Waals surface area contributed by atoms with Gasteiger partial charge in [-0.05, 0) is 25.9 Å². The van der Waals surface area contributed by atoms with E-state index in [1.54, 1.807) is 6.07 Å². The van der Waals surface area contributed by atoms with Crippen molar-refractivity contribution in [3.63, 3.8) is 0 Å². The summed E-state index contributed by atoms with van der Waals surface area (Å²) in [5.41, 5.74) is 6.59. The Kier molecular flexibility index (Phi) is 4.16. The highest BCUT2D eigenvalue weighted by Crippen LogP contribution is 2.38. The Morgan fingerprint density at radius 2 is 1.75 bits per heavy atom. The topological polar surface area (TPSA) is 57.0 Å². The minimum Gasteiger partial charge on any atom is -0.490 e. The predicted molar refractivity (Wildman–Crippen MR) is 77.6 cm³/mol. The van der Waals surface area contributed by atoms with Gasteiger partial charge in [0, 0.05) is 18.7 Å². The zero-order chi connectivity index (χ0) is 13.8. The first-order chi connectivity index (χ1) is 9.83. The fraction of sp³-hybridized carbons (Fsp3) is 0.600. The van der Waals surface area contributed by atoms with Crippen molar-refractivity contribution >= 4 is 5.69 Å². The number of fused-ring (bicyclic) bond motifs is 1. The molecule has 1 aromatic carbocycles. The van der Waals surface area contributed by atoms with Gasteiger partial charge in [0.25, 0.3) is 0 Å². The Morgan fingerprint density at radius 1 is 1.05 bits per heavy atom. The Bertz CT molecular complexity index is 459. The molecule has 1 aromatic rings. The van der Waals surface area contributed by atoms with Crippen molar-refractivity contribution in [3.05, 3.63) is 12.1 Å². The number of piperidine rings is 1. The molecule has 0 bridgehead atoms. The van der Waals surface area contributed by atoms with Gasteiger partial charge in [0.15, 0.2) is 11.5 Å². The van der Waals surface area contributed by atoms with Gasteiger partial charge in [-0.2, -0.15) is 0 Å². The first-order valence-corrected chi connectivity index (χ1v) is 7.37. The summed E-state index contributed by atoms with van der Waals surface area (Å²) in [6, 6.07) is 3.62. The number of ether oxygens (including phenoxy) is 3. The molecule has 2 aliphatic heterocycles. The molecule has 0 spiro atoms. The lowest BCUT2D eigenvalue weighted by atomic mass is 10.1. The maximum Gasteiger partial charge on any atom is 0.165 e. The lowest BCUT2D eigenvalue weighted by Crippen LogP contribution is -2.33. The monoisotopic (exact) mass is 278 g/mol. The summed E-state index contributed by atoms with van der Waals surface area (Å²) in [7, 11) is 0. The third-order valence-corrected chi connectivity index (χ3v) is 3.79. The van der Waals surface area contributed by atoms with Crippen LogP contribution in [0.25, 0.3) is 0 Å². The van der Waals surface area contributed by atoms with Crippen molar-refractivity contribution in [2.45, 2.75) is 19.3 Å². The zero-order valence-electron chi connectivity index (χ0n) is 11.8. The molecule has 1 saturated heterocycles. The molecular formula is C15H22N2O3. The van der Waals surface area contributed by atoms with Crippen LogP contribution < -0.4 is 19.9 Å². The second-order valence-electron chi connectivity index (χ2n) is 5.28. The third-order valence-electron chi connectivity index (χ3n) is 3.79. The van der Waals surface area contributed by atoms with Gasteiger partial charge in [0.2, 0.25) is 0 Å². The SMILES string of the molecule is Nc1cc2c(cc1OCCN1CCCCC1)OCCO2. The molecule has 0 aromatic heterocycles. The molecule has 110 valence electrons. The zero-order valence-corrected chi connectivity index (χ0v) is 11.8. The smallest absolute Gasteiger partial charge is 0.165 e. The largest absolute Gasteiger partial charge is 0.490 e. The molecule has 0 saturated carbocycles. The molecule has 0 radical (unpaired) electrons. The van der Waals surface area contributed by atoms with Crippen LogP contribution in [0.3, 0.4) is 0 Å². The molecule has 20 heavy (non-hydrogen) atoms. The van der Waals surface area contributed by atoms with Crippen molar-refractivity contribution in [1.29, 1.82) is 0 Å². The normalized spacial score (nSPS) is 18.8. The Morgan fingerprint density at radius 3 is 2.50 bits per heavy atom. The van der Waals surface area contributed by atoms with Gasteiger partial charge < -0.3 is 19.9 Å². The van der Waals surface area contributed by atoms with Gasteiger partial charge in [0.05, 0.1) is 5.69 Å². The second-order valence-corrected chi connectivity index (χ2v) is 5.28. The molecule has 2 N–H and O–H groups in total. The molecule has 0 aliphatic carbocycles. The molecule has 5 nitrogen and oxygen atoms in total. The van der Waals surface area contributed by atoms with Crippen molar-refractivity contribution in [1.82, 2.24) is 4.90 Å². The number of nitrogen functional groups attached to an aromatic ring is 1. The van der Waals surface area contributed by atoms with Crippen molar-refractivity contribution in [2.24, 2.45) is 0 Å². The fourth-order valence-electron chi connectivity index (χ4n) is 2.68. The van der Waals surface area contributed by atoms with Crippen LogP contribution in [0.2, 0.25) is 0 Å². The first-order valence-electron chi connectivity index (χ1n) is 7.37. The van der Waals surface area contributed by atoms with E-state index >= 15 is 0 Å². The number of nitrogens with two attached hydrogens (primary N) is 1. The highest BCUT2D eigenvalue weighted by molar-refractivity contribution is 5.62. The molecular weight excluding hydrogens is 256 g/mol. The van der Waals surface area contributed by atoms with Gasteiger partial charge >= 0.3 is 0 Å². The van der Waals surface area contributed by atoms with E-state index in [1.165, 1.54) is 32.4 Å². The van der Waals surface area contributed by atoms with E-state index in [0.29, 0.717) is 37.0 Å². The van der Waals surface area contributed by atoms with Crippen LogP contribution in [-0.4, -0.2) is 44.4 Å². The van der Waals surface area contributed by atoms with Gasteiger partial charge in [-0.3, -0.25) is 4.90 Å².